The van der Waals surface area contributed by atoms with Gasteiger partial charge < -0.3 is 64.8 Å². The van der Waals surface area contributed by atoms with Gasteiger partial charge in [-0.2, -0.15) is 26.3 Å². The van der Waals surface area contributed by atoms with Crippen molar-refractivity contribution in [2.45, 2.75) is 261 Å². The van der Waals surface area contributed by atoms with E-state index < -0.39 is 229 Å². The summed E-state index contributed by atoms with van der Waals surface area (Å²) in [4.78, 5) is 191. The van der Waals surface area contributed by atoms with Crippen LogP contribution in [-0.4, -0.2) is 289 Å². The van der Waals surface area contributed by atoms with Gasteiger partial charge in [0, 0.05) is 82.5 Å². The molecule has 0 radical (unpaired) electrons. The summed E-state index contributed by atoms with van der Waals surface area (Å²) in [5.41, 5.74) is -2.36. The summed E-state index contributed by atoms with van der Waals surface area (Å²) in [6.07, 6.45) is -14.2. The molecule has 610 valence electrons. The van der Waals surface area contributed by atoms with E-state index in [4.69, 9.17) is 4.74 Å². The standard InChI is InChI=1S/C75H116F8N12O13/c1-15-21-52-63(99)85-62(43(4)16-2)70(106)89(10)40-60(98)91(12)53-22-19-18-20-31-94(69(53)105)57(35-45-25-28-47(29-26-45)74(78,79)80)67(103)88(9)39-58(96)84-51(30-27-46-32-49(76)61(50(77)33-46)75(81,82)83)65(101)95-38-48(108-17-3)36-54(95)64(100)86-73(41-72(5,6)42-73)71(107)93(14)55(34-44-23-24-44)68(104)92(13)56(66(102)87(7)8)37-59(97)90(52)11/h18-19,43-57,61-62H,15-17,20-42H2,1-14H3,(H,84,96)(H,85,99)(H,86,100)/b19-18-/t43-,45?,46?,47?,48+,49?,50?,51-,52-,53-,54-,55-,56-,57-,61?,62-/m0/s1. The lowest BCUT2D eigenvalue weighted by Gasteiger charge is -2.54. The highest BCUT2D eigenvalue weighted by Gasteiger charge is 2.60. The molecular weight excluding hydrogens is 1430 g/mol. The molecule has 2 unspecified atom stereocenters. The maximum atomic E-state index is 15.6. The minimum atomic E-state index is -5.22. The first-order chi connectivity index (χ1) is 50.4. The lowest BCUT2D eigenvalue weighted by Crippen LogP contribution is -2.71. The van der Waals surface area contributed by atoms with Gasteiger partial charge in [0.25, 0.3) is 0 Å². The minimum absolute atomic E-state index is 0.00624. The first-order valence-corrected chi connectivity index (χ1v) is 38.4. The fraction of sp³-hybridized carbons (Fsp3) is 0.813. The highest BCUT2D eigenvalue weighted by Crippen LogP contribution is 2.50. The Morgan fingerprint density at radius 2 is 1.21 bits per heavy atom. The predicted molar refractivity (Wildman–Crippen MR) is 381 cm³/mol. The van der Waals surface area contributed by atoms with Gasteiger partial charge in [0.1, 0.15) is 72.1 Å². The van der Waals surface area contributed by atoms with E-state index >= 15 is 37.5 Å². The normalized spacial score (nSPS) is 32.2. The van der Waals surface area contributed by atoms with Gasteiger partial charge in [-0.25, -0.2) is 8.78 Å². The minimum Gasteiger partial charge on any atom is -0.377 e. The number of hydrogen-bond acceptors (Lipinski definition) is 13. The lowest BCUT2D eigenvalue weighted by molar-refractivity contribution is -0.219. The summed E-state index contributed by atoms with van der Waals surface area (Å²) in [7, 11) is 10.8. The number of ether oxygens (including phenoxy) is 1. The van der Waals surface area contributed by atoms with E-state index in [1.165, 1.54) is 71.1 Å². The summed E-state index contributed by atoms with van der Waals surface area (Å²) in [6.45, 7) is 8.69. The van der Waals surface area contributed by atoms with Crippen LogP contribution in [0.15, 0.2) is 12.2 Å². The van der Waals surface area contributed by atoms with E-state index in [0.717, 1.165) is 29.4 Å². The molecule has 6 fully saturated rings. The molecule has 7 rings (SSSR count). The van der Waals surface area contributed by atoms with Crippen molar-refractivity contribution < 1.29 is 97.4 Å². The fourth-order valence-corrected chi connectivity index (χ4v) is 17.0. The Balaban J connectivity index is 1.33. The van der Waals surface area contributed by atoms with Crippen LogP contribution in [0.1, 0.15) is 176 Å². The van der Waals surface area contributed by atoms with Gasteiger partial charge in [-0.3, -0.25) is 57.5 Å². The van der Waals surface area contributed by atoms with Crippen LogP contribution in [0.2, 0.25) is 0 Å². The van der Waals surface area contributed by atoms with Crippen molar-refractivity contribution >= 4 is 70.9 Å². The van der Waals surface area contributed by atoms with Gasteiger partial charge in [0.2, 0.25) is 70.9 Å². The van der Waals surface area contributed by atoms with Crippen LogP contribution in [0, 0.1) is 40.9 Å². The van der Waals surface area contributed by atoms with Gasteiger partial charge in [0.15, 0.2) is 0 Å². The number of halogens is 8. The van der Waals surface area contributed by atoms with Crippen molar-refractivity contribution in [3.63, 3.8) is 0 Å². The van der Waals surface area contributed by atoms with E-state index in [1.54, 1.807) is 39.8 Å². The zero-order valence-electron chi connectivity index (χ0n) is 65.2. The third-order valence-electron chi connectivity index (χ3n) is 23.6. The molecule has 12 amide bonds. The number of hydrogen-bond donors (Lipinski definition) is 3. The molecule has 4 saturated carbocycles. The number of carbonyl (C=O) groups is 12. The topological polar surface area (TPSA) is 279 Å². The Morgan fingerprint density at radius 3 is 1.76 bits per heavy atom. The highest BCUT2D eigenvalue weighted by atomic mass is 19.4. The zero-order chi connectivity index (χ0) is 80.6. The van der Waals surface area contributed by atoms with Gasteiger partial charge in [-0.15, -0.1) is 0 Å². The number of rotatable bonds is 14. The average molecular weight is 1550 g/mol. The first kappa shape index (κ1) is 88.0. The molecule has 3 N–H and O–H groups in total. The molecule has 3 heterocycles. The van der Waals surface area contributed by atoms with E-state index in [1.807, 2.05) is 13.8 Å². The fourth-order valence-electron chi connectivity index (χ4n) is 17.0. The Hall–Kier alpha value is -7.22. The summed E-state index contributed by atoms with van der Waals surface area (Å²) < 4.78 is 121. The van der Waals surface area contributed by atoms with Crippen LogP contribution >= 0.6 is 0 Å². The van der Waals surface area contributed by atoms with Crippen LogP contribution in [0.5, 0.6) is 0 Å². The summed E-state index contributed by atoms with van der Waals surface area (Å²) in [6, 6.07) is -11.4. The zero-order valence-corrected chi connectivity index (χ0v) is 65.2. The predicted octanol–water partition coefficient (Wildman–Crippen LogP) is 6.35. The van der Waals surface area contributed by atoms with Crippen molar-refractivity contribution in [2.75, 3.05) is 89.2 Å². The van der Waals surface area contributed by atoms with Gasteiger partial charge in [0.05, 0.1) is 31.5 Å². The molecule has 3 aliphatic heterocycles. The Morgan fingerprint density at radius 1 is 0.620 bits per heavy atom. The second-order valence-corrected chi connectivity index (χ2v) is 32.7. The third-order valence-corrected chi connectivity index (χ3v) is 23.6. The molecule has 0 aromatic rings. The van der Waals surface area contributed by atoms with Crippen molar-refractivity contribution in [2.24, 2.45) is 40.9 Å². The van der Waals surface area contributed by atoms with Crippen LogP contribution < -0.4 is 16.0 Å². The maximum Gasteiger partial charge on any atom is 0.397 e. The molecule has 2 bridgehead atoms. The molecular formula is C75H116F8N12O13. The van der Waals surface area contributed by atoms with Gasteiger partial charge >= 0.3 is 12.4 Å². The number of alkyl halides is 8. The average Bonchev–Trinajstić information content (AvgIpc) is 0.772. The first-order valence-electron chi connectivity index (χ1n) is 38.4. The van der Waals surface area contributed by atoms with E-state index in [2.05, 4.69) is 16.0 Å². The summed E-state index contributed by atoms with van der Waals surface area (Å²) >= 11 is 0. The lowest BCUT2D eigenvalue weighted by atomic mass is 9.58. The monoisotopic (exact) mass is 1540 g/mol. The van der Waals surface area contributed by atoms with Crippen molar-refractivity contribution in [1.82, 2.24) is 60.0 Å². The Bertz CT molecular complexity index is 3260. The summed E-state index contributed by atoms with van der Waals surface area (Å²) in [5, 5.41) is 8.42. The Labute approximate surface area is 629 Å². The van der Waals surface area contributed by atoms with E-state index in [0.29, 0.717) is 25.7 Å². The smallest absolute Gasteiger partial charge is 0.377 e. The molecule has 108 heavy (non-hydrogen) atoms. The van der Waals surface area contributed by atoms with E-state index in [-0.39, 0.29) is 109 Å². The van der Waals surface area contributed by atoms with Crippen LogP contribution in [0.25, 0.3) is 0 Å². The van der Waals surface area contributed by atoms with E-state index in [9.17, 15) is 55.1 Å². The number of nitrogens with one attached hydrogen (secondary N) is 3. The second kappa shape index (κ2) is 36.7. The number of carbonyl (C=O) groups excluding carboxylic acids is 12. The van der Waals surface area contributed by atoms with Crippen LogP contribution in [-0.2, 0) is 62.3 Å². The molecule has 1 spiro atoms. The quantitative estimate of drug-likeness (QED) is 0.126. The molecule has 4 aliphatic carbocycles. The number of nitrogens with zero attached hydrogens (tertiary/aromatic N) is 9. The van der Waals surface area contributed by atoms with Crippen LogP contribution in [0.3, 0.4) is 0 Å². The van der Waals surface area contributed by atoms with Crippen molar-refractivity contribution in [1.29, 1.82) is 0 Å². The third kappa shape index (κ3) is 21.5. The molecule has 12 atom stereocenters. The second-order valence-electron chi connectivity index (χ2n) is 32.7. The highest BCUT2D eigenvalue weighted by molar-refractivity contribution is 6.01. The number of fused-ring (bicyclic) bond motifs is 3. The molecule has 0 aromatic carbocycles. The Kier molecular flexibility index (Phi) is 29.9. The summed E-state index contributed by atoms with van der Waals surface area (Å²) in [5.74, 6) is -16.5. The number of amides is 12. The van der Waals surface area contributed by atoms with Crippen LogP contribution in [0.4, 0.5) is 35.1 Å². The molecule has 25 nitrogen and oxygen atoms in total. The van der Waals surface area contributed by atoms with Crippen molar-refractivity contribution in [3.05, 3.63) is 12.2 Å². The number of likely N-dealkylation sites (N-methyl/N-ethyl adjacent to an activating group) is 7. The SMILES string of the molecule is CCC[C@H]1C(=O)N[C@@H]([C@@H](C)CC)C(=O)N(C)CC(=O)N(C)[C@H]2C/C=C\CCN(C2=O)[C@@H](CC2CCC(C(F)(F)F)CC2)C(=O)N(C)CC(=O)N[C@@H](CCC2CC(F)C(C(F)(F)F)C(F)C2)C(=O)N2C[C@H](OCC)C[C@H]2C(=O)NC2(CC(C)(C)C2)C(=O)N(C)[C@@H](CC2CC2)C(=O)N(C)[C@H](C(=O)N(C)C)CC(=O)N1C. The molecule has 0 aromatic heterocycles. The maximum absolute atomic E-state index is 15.6. The molecule has 33 heteroatoms. The van der Waals surface area contributed by atoms with Crippen molar-refractivity contribution in [3.8, 4) is 0 Å². The van der Waals surface area contributed by atoms with Gasteiger partial charge in [-0.05, 0) is 132 Å². The van der Waals surface area contributed by atoms with Gasteiger partial charge in [-0.1, -0.05) is 72.5 Å². The molecule has 7 aliphatic rings. The largest absolute Gasteiger partial charge is 0.397 e. The molecule has 2 saturated heterocycles.